The van der Waals surface area contributed by atoms with Crippen LogP contribution in [0.3, 0.4) is 0 Å². The molecule has 1 saturated heterocycles. The average molecular weight is 381 g/mol. The number of carbonyl (C=O) groups excluding carboxylic acids is 2. The van der Waals surface area contributed by atoms with Crippen molar-refractivity contribution in [3.63, 3.8) is 0 Å². The molecule has 2 amide bonds. The van der Waals surface area contributed by atoms with E-state index in [0.29, 0.717) is 36.5 Å². The SMILES string of the molecule is CC(C)C1CN(C(=O)c2cc(=O)[nH]c3ccccc23)CCC(=O)N1CC1CC1. The molecule has 0 spiro atoms. The Hall–Kier alpha value is -2.63. The number of carbonyl (C=O) groups is 2. The Morgan fingerprint density at radius 3 is 2.68 bits per heavy atom. The van der Waals surface area contributed by atoms with Crippen LogP contribution >= 0.6 is 0 Å². The number of fused-ring (bicyclic) bond motifs is 1. The van der Waals surface area contributed by atoms with Gasteiger partial charge in [0.05, 0.1) is 11.6 Å². The van der Waals surface area contributed by atoms with Gasteiger partial charge in [-0.1, -0.05) is 32.0 Å². The number of pyridine rings is 1. The van der Waals surface area contributed by atoms with Crippen molar-refractivity contribution in [1.82, 2.24) is 14.8 Å². The predicted molar refractivity (Wildman–Crippen MR) is 108 cm³/mol. The van der Waals surface area contributed by atoms with E-state index in [9.17, 15) is 14.4 Å². The molecule has 0 bridgehead atoms. The third-order valence-corrected chi connectivity index (χ3v) is 5.91. The van der Waals surface area contributed by atoms with Gasteiger partial charge in [0, 0.05) is 43.0 Å². The molecule has 1 saturated carbocycles. The number of H-pyrrole nitrogens is 1. The Bertz CT molecular complexity index is 961. The standard InChI is InChI=1S/C22H27N3O3/c1-14(2)19-13-24(10-9-21(27)25(19)12-15-7-8-15)22(28)17-11-20(26)23-18-6-4-3-5-16(17)18/h3-6,11,14-15,19H,7-10,12-13H2,1-2H3,(H,23,26). The number of para-hydroxylation sites is 1. The Morgan fingerprint density at radius 1 is 1.21 bits per heavy atom. The van der Waals surface area contributed by atoms with E-state index < -0.39 is 0 Å². The van der Waals surface area contributed by atoms with Gasteiger partial charge in [0.2, 0.25) is 11.5 Å². The smallest absolute Gasteiger partial charge is 0.254 e. The number of aromatic nitrogens is 1. The van der Waals surface area contributed by atoms with Crippen LogP contribution in [0.25, 0.3) is 10.9 Å². The van der Waals surface area contributed by atoms with E-state index in [-0.39, 0.29) is 29.3 Å². The maximum atomic E-state index is 13.4. The number of rotatable bonds is 4. The van der Waals surface area contributed by atoms with Crippen molar-refractivity contribution in [1.29, 1.82) is 0 Å². The van der Waals surface area contributed by atoms with E-state index in [1.807, 2.05) is 23.1 Å². The summed E-state index contributed by atoms with van der Waals surface area (Å²) in [6.45, 7) is 5.92. The fraction of sp³-hybridized carbons (Fsp3) is 0.500. The number of amides is 2. The van der Waals surface area contributed by atoms with Gasteiger partial charge in [0.25, 0.3) is 5.91 Å². The Kier molecular flexibility index (Phi) is 4.96. The Balaban J connectivity index is 1.66. The minimum absolute atomic E-state index is 0.00723. The number of nitrogens with zero attached hydrogens (tertiary/aromatic N) is 2. The summed E-state index contributed by atoms with van der Waals surface area (Å²) in [4.78, 5) is 44.8. The molecule has 1 aliphatic carbocycles. The van der Waals surface area contributed by atoms with Crippen molar-refractivity contribution in [2.24, 2.45) is 11.8 Å². The van der Waals surface area contributed by atoms with Crippen molar-refractivity contribution in [2.45, 2.75) is 39.2 Å². The van der Waals surface area contributed by atoms with Crippen LogP contribution < -0.4 is 5.56 Å². The van der Waals surface area contributed by atoms with E-state index in [1.54, 1.807) is 11.0 Å². The van der Waals surface area contributed by atoms with Crippen molar-refractivity contribution < 1.29 is 9.59 Å². The average Bonchev–Trinajstić information content (AvgIpc) is 3.50. The number of hydrogen-bond acceptors (Lipinski definition) is 3. The minimum Gasteiger partial charge on any atom is -0.337 e. The van der Waals surface area contributed by atoms with Gasteiger partial charge in [-0.2, -0.15) is 0 Å². The van der Waals surface area contributed by atoms with Crippen LogP contribution in [0.15, 0.2) is 35.1 Å². The maximum Gasteiger partial charge on any atom is 0.254 e. The van der Waals surface area contributed by atoms with Gasteiger partial charge < -0.3 is 14.8 Å². The maximum absolute atomic E-state index is 13.4. The van der Waals surface area contributed by atoms with Gasteiger partial charge in [-0.25, -0.2) is 0 Å². The first-order valence-electron chi connectivity index (χ1n) is 10.1. The van der Waals surface area contributed by atoms with Crippen LogP contribution in [0.5, 0.6) is 0 Å². The highest BCUT2D eigenvalue weighted by atomic mass is 16.2. The van der Waals surface area contributed by atoms with E-state index >= 15 is 0 Å². The Morgan fingerprint density at radius 2 is 1.96 bits per heavy atom. The highest BCUT2D eigenvalue weighted by Crippen LogP contribution is 2.32. The molecule has 148 valence electrons. The first kappa shape index (κ1) is 18.7. The molecule has 1 atom stereocenters. The molecule has 2 aliphatic rings. The molecule has 1 N–H and O–H groups in total. The molecular formula is C22H27N3O3. The fourth-order valence-electron chi connectivity index (χ4n) is 4.10. The largest absolute Gasteiger partial charge is 0.337 e. The normalized spacial score (nSPS) is 20.7. The summed E-state index contributed by atoms with van der Waals surface area (Å²) in [5, 5.41) is 0.735. The summed E-state index contributed by atoms with van der Waals surface area (Å²) in [7, 11) is 0. The van der Waals surface area contributed by atoms with Gasteiger partial charge in [0.1, 0.15) is 0 Å². The van der Waals surface area contributed by atoms with E-state index in [1.165, 1.54) is 18.9 Å². The molecule has 0 radical (unpaired) electrons. The number of aromatic amines is 1. The zero-order valence-corrected chi connectivity index (χ0v) is 16.5. The second-order valence-electron chi connectivity index (χ2n) is 8.39. The van der Waals surface area contributed by atoms with Crippen molar-refractivity contribution in [2.75, 3.05) is 19.6 Å². The summed E-state index contributed by atoms with van der Waals surface area (Å²) in [6, 6.07) is 8.73. The molecule has 1 aromatic carbocycles. The van der Waals surface area contributed by atoms with Gasteiger partial charge in [-0.05, 0) is 30.7 Å². The number of benzene rings is 1. The van der Waals surface area contributed by atoms with Gasteiger partial charge in [-0.15, -0.1) is 0 Å². The summed E-state index contributed by atoms with van der Waals surface area (Å²) >= 11 is 0. The molecule has 1 aliphatic heterocycles. The van der Waals surface area contributed by atoms with Crippen LogP contribution in [0, 0.1) is 11.8 Å². The molecular weight excluding hydrogens is 354 g/mol. The Labute approximate surface area is 164 Å². The van der Waals surface area contributed by atoms with E-state index in [0.717, 1.165) is 11.9 Å². The summed E-state index contributed by atoms with van der Waals surface area (Å²) in [6.07, 6.45) is 2.72. The lowest BCUT2D eigenvalue weighted by molar-refractivity contribution is -0.133. The molecule has 2 heterocycles. The number of nitrogens with one attached hydrogen (secondary N) is 1. The van der Waals surface area contributed by atoms with Crippen LogP contribution in [0.4, 0.5) is 0 Å². The molecule has 2 fully saturated rings. The number of hydrogen-bond donors (Lipinski definition) is 1. The summed E-state index contributed by atoms with van der Waals surface area (Å²) < 4.78 is 0. The first-order valence-corrected chi connectivity index (χ1v) is 10.1. The van der Waals surface area contributed by atoms with Crippen molar-refractivity contribution in [3.05, 3.63) is 46.2 Å². The molecule has 28 heavy (non-hydrogen) atoms. The molecule has 4 rings (SSSR count). The summed E-state index contributed by atoms with van der Waals surface area (Å²) in [5.74, 6) is 0.835. The lowest BCUT2D eigenvalue weighted by atomic mass is 10.0. The zero-order valence-electron chi connectivity index (χ0n) is 16.5. The lowest BCUT2D eigenvalue weighted by Gasteiger charge is -2.35. The third kappa shape index (κ3) is 3.68. The third-order valence-electron chi connectivity index (χ3n) is 5.91. The topological polar surface area (TPSA) is 73.5 Å². The van der Waals surface area contributed by atoms with Crippen LogP contribution in [0.2, 0.25) is 0 Å². The predicted octanol–water partition coefficient (Wildman–Crippen LogP) is 2.64. The van der Waals surface area contributed by atoms with Gasteiger partial charge in [0.15, 0.2) is 0 Å². The molecule has 6 nitrogen and oxygen atoms in total. The zero-order chi connectivity index (χ0) is 19.8. The van der Waals surface area contributed by atoms with E-state index in [4.69, 9.17) is 0 Å². The molecule has 1 aromatic heterocycles. The van der Waals surface area contributed by atoms with Gasteiger partial charge in [-0.3, -0.25) is 14.4 Å². The highest BCUT2D eigenvalue weighted by molar-refractivity contribution is 6.06. The first-order chi connectivity index (χ1) is 13.4. The van der Waals surface area contributed by atoms with E-state index in [2.05, 4.69) is 18.8 Å². The molecule has 2 aromatic rings. The second kappa shape index (κ2) is 7.41. The van der Waals surface area contributed by atoms with Crippen LogP contribution in [-0.2, 0) is 4.79 Å². The highest BCUT2D eigenvalue weighted by Gasteiger charge is 2.37. The van der Waals surface area contributed by atoms with Crippen molar-refractivity contribution >= 4 is 22.7 Å². The monoisotopic (exact) mass is 381 g/mol. The fourth-order valence-corrected chi connectivity index (χ4v) is 4.10. The van der Waals surface area contributed by atoms with Gasteiger partial charge >= 0.3 is 0 Å². The summed E-state index contributed by atoms with van der Waals surface area (Å²) in [5.41, 5.74) is 0.772. The second-order valence-corrected chi connectivity index (χ2v) is 8.39. The van der Waals surface area contributed by atoms with Crippen LogP contribution in [-0.4, -0.2) is 52.3 Å². The lowest BCUT2D eigenvalue weighted by Crippen LogP contribution is -2.48. The van der Waals surface area contributed by atoms with Crippen molar-refractivity contribution in [3.8, 4) is 0 Å². The minimum atomic E-state index is -0.288. The molecule has 6 heteroatoms. The molecule has 1 unspecified atom stereocenters. The van der Waals surface area contributed by atoms with Crippen LogP contribution in [0.1, 0.15) is 43.5 Å². The quantitative estimate of drug-likeness (QED) is 0.885.